The number of rotatable bonds is 7. The molecule has 2 heterocycles. The Labute approximate surface area is 162 Å². The van der Waals surface area contributed by atoms with Crippen LogP contribution in [0.15, 0.2) is 60.0 Å². The van der Waals surface area contributed by atoms with Gasteiger partial charge in [0, 0.05) is 12.7 Å². The first-order chi connectivity index (χ1) is 13.3. The molecular weight excluding hydrogens is 387 g/mol. The summed E-state index contributed by atoms with van der Waals surface area (Å²) in [4.78, 5) is 15.3. The lowest BCUT2D eigenvalue weighted by atomic mass is 10.1. The molecule has 10 nitrogen and oxygen atoms in total. The maximum Gasteiger partial charge on any atom is 0.403 e. The lowest BCUT2D eigenvalue weighted by molar-refractivity contribution is -0.0674. The van der Waals surface area contributed by atoms with Crippen LogP contribution < -0.4 is 10.8 Å². The Bertz CT molecular complexity index is 817. The van der Waals surface area contributed by atoms with E-state index >= 15 is 0 Å². The number of hydrogen-bond donors (Lipinski definition) is 5. The number of benzene rings is 1. The first-order valence-corrected chi connectivity index (χ1v) is 10.1. The molecule has 0 saturated carbocycles. The van der Waals surface area contributed by atoms with E-state index in [1.165, 1.54) is 17.2 Å². The van der Waals surface area contributed by atoms with Crippen LogP contribution in [0.5, 0.6) is 0 Å². The molecule has 2 aliphatic rings. The number of aliphatic imine (C=N–C) groups is 1. The van der Waals surface area contributed by atoms with E-state index in [0.29, 0.717) is 0 Å². The maximum absolute atomic E-state index is 12.2. The minimum atomic E-state index is -4.14. The molecular formula is C17H23N4O6P. The van der Waals surface area contributed by atoms with Gasteiger partial charge in [-0.05, 0) is 11.6 Å². The number of aliphatic hydroxyl groups is 2. The van der Waals surface area contributed by atoms with E-state index in [2.05, 4.69) is 16.7 Å². The van der Waals surface area contributed by atoms with E-state index in [1.54, 1.807) is 12.1 Å². The third-order valence-electron chi connectivity index (χ3n) is 4.31. The van der Waals surface area contributed by atoms with Gasteiger partial charge in [-0.2, -0.15) is 0 Å². The molecule has 152 valence electrons. The number of nitrogens with zero attached hydrogens (tertiary/aromatic N) is 2. The zero-order valence-electron chi connectivity index (χ0n) is 15.0. The molecule has 3 rings (SSSR count). The van der Waals surface area contributed by atoms with Crippen molar-refractivity contribution in [2.75, 3.05) is 6.61 Å². The Morgan fingerprint density at radius 2 is 2.04 bits per heavy atom. The van der Waals surface area contributed by atoms with Gasteiger partial charge in [-0.25, -0.2) is 14.6 Å². The van der Waals surface area contributed by atoms with E-state index in [0.717, 1.165) is 5.56 Å². The average Bonchev–Trinajstić information content (AvgIpc) is 2.94. The van der Waals surface area contributed by atoms with Crippen molar-refractivity contribution in [1.82, 2.24) is 9.99 Å². The van der Waals surface area contributed by atoms with Crippen LogP contribution in [0.4, 0.5) is 0 Å². The van der Waals surface area contributed by atoms with Gasteiger partial charge in [0.15, 0.2) is 6.23 Å². The van der Waals surface area contributed by atoms with E-state index in [4.69, 9.17) is 15.0 Å². The van der Waals surface area contributed by atoms with Gasteiger partial charge in [0.25, 0.3) is 0 Å². The summed E-state index contributed by atoms with van der Waals surface area (Å²) >= 11 is 0. The molecule has 2 aliphatic heterocycles. The normalized spacial score (nSPS) is 29.6. The van der Waals surface area contributed by atoms with Crippen molar-refractivity contribution >= 4 is 13.6 Å². The third kappa shape index (κ3) is 4.86. The van der Waals surface area contributed by atoms with Crippen molar-refractivity contribution in [1.29, 1.82) is 0 Å². The van der Waals surface area contributed by atoms with E-state index in [9.17, 15) is 19.7 Å². The van der Waals surface area contributed by atoms with Crippen LogP contribution >= 0.6 is 7.75 Å². The number of nitrogens with one attached hydrogen (secondary N) is 1. The molecule has 1 saturated heterocycles. The Kier molecular flexibility index (Phi) is 6.31. The lowest BCUT2D eigenvalue weighted by Crippen LogP contribution is -2.42. The van der Waals surface area contributed by atoms with Crippen molar-refractivity contribution in [3.63, 3.8) is 0 Å². The highest BCUT2D eigenvalue weighted by atomic mass is 31.2. The van der Waals surface area contributed by atoms with Crippen LogP contribution in [-0.2, 0) is 20.4 Å². The summed E-state index contributed by atoms with van der Waals surface area (Å²) in [5.41, 5.74) is 6.39. The largest absolute Gasteiger partial charge is 0.403 e. The molecule has 0 bridgehead atoms. The summed E-state index contributed by atoms with van der Waals surface area (Å²) < 4.78 is 22.8. The first-order valence-electron chi connectivity index (χ1n) is 8.54. The fraction of sp³-hybridized carbons (Fsp3) is 0.353. The third-order valence-corrected chi connectivity index (χ3v) is 5.37. The molecule has 0 spiro atoms. The number of hydrogen-bond acceptors (Lipinski definition) is 8. The summed E-state index contributed by atoms with van der Waals surface area (Å²) in [7, 11) is -4.14. The molecule has 6 N–H and O–H groups in total. The molecule has 1 aromatic rings. The molecule has 2 unspecified atom stereocenters. The molecule has 0 aliphatic carbocycles. The predicted octanol–water partition coefficient (Wildman–Crippen LogP) is -0.00240. The zero-order valence-corrected chi connectivity index (χ0v) is 15.9. The van der Waals surface area contributed by atoms with Crippen LogP contribution in [0.1, 0.15) is 5.56 Å². The summed E-state index contributed by atoms with van der Waals surface area (Å²) in [6.07, 6.45) is -1.63. The van der Waals surface area contributed by atoms with Crippen molar-refractivity contribution < 1.29 is 28.9 Å². The highest BCUT2D eigenvalue weighted by Gasteiger charge is 2.46. The lowest BCUT2D eigenvalue weighted by Gasteiger charge is -2.30. The van der Waals surface area contributed by atoms with E-state index in [-0.39, 0.29) is 18.2 Å². The molecule has 28 heavy (non-hydrogen) atoms. The van der Waals surface area contributed by atoms with Gasteiger partial charge in [0.05, 0.1) is 6.61 Å². The zero-order chi connectivity index (χ0) is 20.3. The van der Waals surface area contributed by atoms with Crippen molar-refractivity contribution in [2.24, 2.45) is 10.7 Å². The first kappa shape index (κ1) is 20.7. The summed E-state index contributed by atoms with van der Waals surface area (Å²) in [6.45, 7) is 3.45. The molecule has 0 radical (unpaired) electrons. The topological polar surface area (TPSA) is 150 Å². The van der Waals surface area contributed by atoms with Gasteiger partial charge in [0.1, 0.15) is 30.0 Å². The van der Waals surface area contributed by atoms with E-state index < -0.39 is 38.9 Å². The second-order valence-electron chi connectivity index (χ2n) is 6.36. The van der Waals surface area contributed by atoms with Crippen LogP contribution in [0.2, 0.25) is 0 Å². The minimum Gasteiger partial charge on any atom is -0.387 e. The fourth-order valence-electron chi connectivity index (χ4n) is 2.82. The van der Waals surface area contributed by atoms with Gasteiger partial charge in [-0.3, -0.25) is 4.52 Å². The number of nitrogens with two attached hydrogens (primary N) is 1. The monoisotopic (exact) mass is 410 g/mol. The van der Waals surface area contributed by atoms with Crippen molar-refractivity contribution in [3.05, 3.63) is 60.6 Å². The van der Waals surface area contributed by atoms with Crippen molar-refractivity contribution in [3.8, 4) is 0 Å². The molecule has 1 aromatic carbocycles. The summed E-state index contributed by atoms with van der Waals surface area (Å²) in [6, 6.07) is 9.05. The highest BCUT2D eigenvalue weighted by Crippen LogP contribution is 2.39. The average molecular weight is 410 g/mol. The number of amidine groups is 1. The van der Waals surface area contributed by atoms with Crippen LogP contribution in [0, 0.1) is 0 Å². The standard InChI is InChI=1S/C17H23N4O6P/c1-11-20-14(18)7-8-21(11)17-16(23)15(22)13(27-17)10-26-28(24,25)19-9-12-5-3-2-4-6-12/h2-8,13,15-17,22-23H,1,9-10H2,(H2,18,20)(H2,19,24,25)/t13-,15+,16?,17-/m1/s1. The highest BCUT2D eigenvalue weighted by molar-refractivity contribution is 7.50. The molecule has 5 atom stereocenters. The SMILES string of the molecule is C=C1N=C(N)C=CN1[C@@H]1O[C@H](COP(=O)(O)NCc2ccccc2)[C@H](O)C1O. The van der Waals surface area contributed by atoms with E-state index in [1.807, 2.05) is 18.2 Å². The Hall–Kier alpha value is -2.04. The molecule has 1 fully saturated rings. The maximum atomic E-state index is 12.2. The van der Waals surface area contributed by atoms with Crippen LogP contribution in [0.25, 0.3) is 0 Å². The van der Waals surface area contributed by atoms with Gasteiger partial charge in [-0.15, -0.1) is 0 Å². The Morgan fingerprint density at radius 1 is 1.32 bits per heavy atom. The summed E-state index contributed by atoms with van der Waals surface area (Å²) in [5, 5.41) is 22.9. The molecule has 11 heteroatoms. The second kappa shape index (κ2) is 8.54. The van der Waals surface area contributed by atoms with Crippen molar-refractivity contribution in [2.45, 2.75) is 31.1 Å². The van der Waals surface area contributed by atoms with Crippen LogP contribution in [-0.4, -0.2) is 57.0 Å². The molecule has 0 aromatic heterocycles. The fourth-order valence-corrected chi connectivity index (χ4v) is 3.64. The van der Waals surface area contributed by atoms with Gasteiger partial charge in [0.2, 0.25) is 0 Å². The smallest absolute Gasteiger partial charge is 0.387 e. The number of aliphatic hydroxyl groups excluding tert-OH is 2. The Morgan fingerprint density at radius 3 is 2.71 bits per heavy atom. The molecule has 0 amide bonds. The Balaban J connectivity index is 1.55. The summed E-state index contributed by atoms with van der Waals surface area (Å²) in [5.74, 6) is 0.482. The van der Waals surface area contributed by atoms with Gasteiger partial charge >= 0.3 is 7.75 Å². The quantitative estimate of drug-likeness (QED) is 0.391. The second-order valence-corrected chi connectivity index (χ2v) is 7.97. The minimum absolute atomic E-state index is 0.131. The number of ether oxygens (including phenoxy) is 1. The van der Waals surface area contributed by atoms with Crippen LogP contribution in [0.3, 0.4) is 0 Å². The predicted molar refractivity (Wildman–Crippen MR) is 101 cm³/mol. The van der Waals surface area contributed by atoms with Gasteiger partial charge < -0.3 is 30.5 Å². The van der Waals surface area contributed by atoms with Gasteiger partial charge in [-0.1, -0.05) is 36.9 Å².